The van der Waals surface area contributed by atoms with Gasteiger partial charge in [-0.3, -0.25) is 4.79 Å². The molecule has 2 heterocycles. The Bertz CT molecular complexity index is 747. The van der Waals surface area contributed by atoms with Gasteiger partial charge in [-0.05, 0) is 57.0 Å². The zero-order chi connectivity index (χ0) is 17.8. The number of benzene rings is 1. The van der Waals surface area contributed by atoms with Crippen molar-refractivity contribution in [2.75, 3.05) is 26.7 Å². The molecule has 2 aromatic rings. The molecule has 3 rings (SSSR count). The van der Waals surface area contributed by atoms with Gasteiger partial charge in [0, 0.05) is 18.1 Å². The Morgan fingerprint density at radius 3 is 2.92 bits per heavy atom. The summed E-state index contributed by atoms with van der Waals surface area (Å²) in [4.78, 5) is 14.9. The van der Waals surface area contributed by atoms with Crippen molar-refractivity contribution in [3.8, 4) is 5.69 Å². The molecule has 1 saturated heterocycles. The summed E-state index contributed by atoms with van der Waals surface area (Å²) in [6, 6.07) is 7.42. The minimum Gasteiger partial charge on any atom is -0.337 e. The second-order valence-corrected chi connectivity index (χ2v) is 6.88. The average molecular weight is 398 g/mol. The second kappa shape index (κ2) is 9.35. The van der Waals surface area contributed by atoms with Crippen LogP contribution in [0, 0.1) is 5.92 Å². The highest BCUT2D eigenvalue weighted by atomic mass is 35.5. The van der Waals surface area contributed by atoms with E-state index in [-0.39, 0.29) is 18.3 Å². The first-order valence-corrected chi connectivity index (χ1v) is 9.16. The minimum absolute atomic E-state index is 0. The molecule has 8 heteroatoms. The molecule has 0 aliphatic carbocycles. The Balaban J connectivity index is 0.00000243. The molecular formula is C18H25Cl2N5O. The van der Waals surface area contributed by atoms with Gasteiger partial charge < -0.3 is 10.2 Å². The highest BCUT2D eigenvalue weighted by molar-refractivity contribution is 6.30. The fraction of sp³-hybridized carbons (Fsp3) is 0.500. The molecule has 1 N–H and O–H groups in total. The van der Waals surface area contributed by atoms with Crippen LogP contribution in [0.2, 0.25) is 5.02 Å². The minimum atomic E-state index is -0.0223. The topological polar surface area (TPSA) is 63.1 Å². The van der Waals surface area contributed by atoms with E-state index in [1.54, 1.807) is 4.68 Å². The SMILES string of the molecule is CCc1c(C(=O)N2CCCC(CNC)C2)nnn1-c1cccc(Cl)c1.Cl. The van der Waals surface area contributed by atoms with Gasteiger partial charge in [0.2, 0.25) is 0 Å². The summed E-state index contributed by atoms with van der Waals surface area (Å²) >= 11 is 6.08. The molecule has 6 nitrogen and oxygen atoms in total. The van der Waals surface area contributed by atoms with Crippen LogP contribution in [-0.4, -0.2) is 52.5 Å². The van der Waals surface area contributed by atoms with E-state index in [4.69, 9.17) is 11.6 Å². The highest BCUT2D eigenvalue weighted by Crippen LogP contribution is 2.21. The third kappa shape index (κ3) is 4.37. The van der Waals surface area contributed by atoms with E-state index in [0.717, 1.165) is 43.9 Å². The number of amides is 1. The molecule has 1 aliphatic heterocycles. The number of carbonyl (C=O) groups excluding carboxylic acids is 1. The van der Waals surface area contributed by atoms with E-state index in [9.17, 15) is 4.79 Å². The summed E-state index contributed by atoms with van der Waals surface area (Å²) < 4.78 is 1.72. The Kier molecular flexibility index (Phi) is 7.43. The number of rotatable bonds is 5. The quantitative estimate of drug-likeness (QED) is 0.841. The molecule has 26 heavy (non-hydrogen) atoms. The molecule has 1 fully saturated rings. The maximum atomic E-state index is 13.0. The first-order chi connectivity index (χ1) is 12.1. The van der Waals surface area contributed by atoms with Gasteiger partial charge in [0.15, 0.2) is 5.69 Å². The Labute approximate surface area is 165 Å². The van der Waals surface area contributed by atoms with Gasteiger partial charge in [0.25, 0.3) is 5.91 Å². The fourth-order valence-corrected chi connectivity index (χ4v) is 3.64. The van der Waals surface area contributed by atoms with Crippen LogP contribution in [0.25, 0.3) is 5.69 Å². The van der Waals surface area contributed by atoms with E-state index < -0.39 is 0 Å². The van der Waals surface area contributed by atoms with Crippen LogP contribution in [0.1, 0.15) is 35.9 Å². The zero-order valence-electron chi connectivity index (χ0n) is 15.1. The molecule has 0 spiro atoms. The Morgan fingerprint density at radius 2 is 2.23 bits per heavy atom. The zero-order valence-corrected chi connectivity index (χ0v) is 16.7. The predicted molar refractivity (Wildman–Crippen MR) is 106 cm³/mol. The van der Waals surface area contributed by atoms with Crippen molar-refractivity contribution in [3.63, 3.8) is 0 Å². The summed E-state index contributed by atoms with van der Waals surface area (Å²) in [7, 11) is 1.95. The number of likely N-dealkylation sites (tertiary alicyclic amines) is 1. The molecule has 1 atom stereocenters. The van der Waals surface area contributed by atoms with Crippen LogP contribution in [0.4, 0.5) is 0 Å². The van der Waals surface area contributed by atoms with Crippen LogP contribution in [0.5, 0.6) is 0 Å². The number of carbonyl (C=O) groups is 1. The smallest absolute Gasteiger partial charge is 0.276 e. The molecule has 0 bridgehead atoms. The summed E-state index contributed by atoms with van der Waals surface area (Å²) in [5, 5.41) is 12.3. The van der Waals surface area contributed by atoms with Crippen molar-refractivity contribution in [2.24, 2.45) is 5.92 Å². The fourth-order valence-electron chi connectivity index (χ4n) is 3.45. The molecule has 1 aliphatic rings. The van der Waals surface area contributed by atoms with Gasteiger partial charge in [0.1, 0.15) is 0 Å². The normalized spacial score (nSPS) is 17.0. The summed E-state index contributed by atoms with van der Waals surface area (Å²) in [6.45, 7) is 4.50. The third-order valence-corrected chi connectivity index (χ3v) is 4.89. The lowest BCUT2D eigenvalue weighted by Gasteiger charge is -2.32. The molecular weight excluding hydrogens is 373 g/mol. The number of halogens is 2. The van der Waals surface area contributed by atoms with Crippen molar-refractivity contribution in [1.29, 1.82) is 0 Å². The molecule has 0 radical (unpaired) electrons. The van der Waals surface area contributed by atoms with E-state index in [2.05, 4.69) is 15.6 Å². The van der Waals surface area contributed by atoms with Crippen molar-refractivity contribution in [1.82, 2.24) is 25.2 Å². The lowest BCUT2D eigenvalue weighted by Crippen LogP contribution is -2.42. The molecule has 0 saturated carbocycles. The maximum absolute atomic E-state index is 13.0. The number of hydrogen-bond donors (Lipinski definition) is 1. The van der Waals surface area contributed by atoms with Crippen molar-refractivity contribution >= 4 is 29.9 Å². The van der Waals surface area contributed by atoms with Crippen LogP contribution in [0.15, 0.2) is 24.3 Å². The van der Waals surface area contributed by atoms with E-state index in [1.165, 1.54) is 0 Å². The van der Waals surface area contributed by atoms with Crippen molar-refractivity contribution < 1.29 is 4.79 Å². The number of aromatic nitrogens is 3. The van der Waals surface area contributed by atoms with E-state index in [1.807, 2.05) is 43.1 Å². The van der Waals surface area contributed by atoms with Gasteiger partial charge in [-0.1, -0.05) is 29.8 Å². The van der Waals surface area contributed by atoms with Gasteiger partial charge in [-0.2, -0.15) is 0 Å². The largest absolute Gasteiger partial charge is 0.337 e. The molecule has 1 aromatic heterocycles. The van der Waals surface area contributed by atoms with Gasteiger partial charge in [0.05, 0.1) is 11.4 Å². The number of hydrogen-bond acceptors (Lipinski definition) is 4. The molecule has 1 aromatic carbocycles. The highest BCUT2D eigenvalue weighted by Gasteiger charge is 2.28. The summed E-state index contributed by atoms with van der Waals surface area (Å²) in [5.41, 5.74) is 2.10. The summed E-state index contributed by atoms with van der Waals surface area (Å²) in [6.07, 6.45) is 2.86. The van der Waals surface area contributed by atoms with Crippen LogP contribution < -0.4 is 5.32 Å². The lowest BCUT2D eigenvalue weighted by molar-refractivity contribution is 0.0667. The van der Waals surface area contributed by atoms with Crippen LogP contribution in [0.3, 0.4) is 0 Å². The third-order valence-electron chi connectivity index (χ3n) is 4.65. The van der Waals surface area contributed by atoms with Crippen LogP contribution in [-0.2, 0) is 6.42 Å². The van der Waals surface area contributed by atoms with Gasteiger partial charge >= 0.3 is 0 Å². The number of nitrogens with zero attached hydrogens (tertiary/aromatic N) is 4. The monoisotopic (exact) mass is 397 g/mol. The standard InChI is InChI=1S/C18H24ClN5O.ClH/c1-3-16-17(18(25)23-9-5-6-13(12-23)11-20-2)21-22-24(16)15-8-4-7-14(19)10-15;/h4,7-8,10,13,20H,3,5-6,9,11-12H2,1-2H3;1H. The first-order valence-electron chi connectivity index (χ1n) is 8.78. The molecule has 1 amide bonds. The summed E-state index contributed by atoms with van der Waals surface area (Å²) in [5.74, 6) is 0.474. The van der Waals surface area contributed by atoms with Gasteiger partial charge in [-0.15, -0.1) is 17.5 Å². The number of piperidine rings is 1. The average Bonchev–Trinajstić information content (AvgIpc) is 3.05. The number of nitrogens with one attached hydrogen (secondary N) is 1. The van der Waals surface area contributed by atoms with Gasteiger partial charge in [-0.25, -0.2) is 4.68 Å². The lowest BCUT2D eigenvalue weighted by atomic mass is 9.97. The Hall–Kier alpha value is -1.63. The van der Waals surface area contributed by atoms with Crippen molar-refractivity contribution in [3.05, 3.63) is 40.7 Å². The van der Waals surface area contributed by atoms with Crippen LogP contribution >= 0.6 is 24.0 Å². The van der Waals surface area contributed by atoms with Crippen molar-refractivity contribution in [2.45, 2.75) is 26.2 Å². The second-order valence-electron chi connectivity index (χ2n) is 6.45. The molecule has 142 valence electrons. The molecule has 1 unspecified atom stereocenters. The van der Waals surface area contributed by atoms with E-state index >= 15 is 0 Å². The van der Waals surface area contributed by atoms with E-state index in [0.29, 0.717) is 23.1 Å². The Morgan fingerprint density at radius 1 is 1.42 bits per heavy atom. The first kappa shape index (κ1) is 20.7. The maximum Gasteiger partial charge on any atom is 0.276 e. The predicted octanol–water partition coefficient (Wildman–Crippen LogP) is 2.98.